The summed E-state index contributed by atoms with van der Waals surface area (Å²) < 4.78 is 16.0. The van der Waals surface area contributed by atoms with Crippen molar-refractivity contribution in [2.45, 2.75) is 20.1 Å². The number of amides is 1. The van der Waals surface area contributed by atoms with Crippen LogP contribution in [0.1, 0.15) is 28.5 Å². The van der Waals surface area contributed by atoms with Gasteiger partial charge in [-0.1, -0.05) is 40.9 Å². The van der Waals surface area contributed by atoms with Gasteiger partial charge in [0.25, 0.3) is 5.91 Å². The number of halogens is 3. The van der Waals surface area contributed by atoms with Crippen molar-refractivity contribution < 1.29 is 18.9 Å². The number of hydrogen-bond donors (Lipinski definition) is 3. The van der Waals surface area contributed by atoms with Crippen LogP contribution in [0.4, 0.5) is 5.82 Å². The Kier molecular flexibility index (Phi) is 9.02. The Bertz CT molecular complexity index is 1090. The van der Waals surface area contributed by atoms with Gasteiger partial charge in [0.1, 0.15) is 6.61 Å². The molecular weight excluding hydrogens is 493 g/mol. The molecule has 0 aliphatic heterocycles. The molecule has 0 aliphatic carbocycles. The highest BCUT2D eigenvalue weighted by atomic mass is 35.5. The number of benzene rings is 2. The molecule has 4 N–H and O–H groups in total. The number of nitrogens with one attached hydrogen (secondary N) is 2. The van der Waals surface area contributed by atoms with Crippen molar-refractivity contribution >= 4 is 46.5 Å². The zero-order chi connectivity index (χ0) is 23.8. The van der Waals surface area contributed by atoms with Crippen molar-refractivity contribution in [2.24, 2.45) is 0 Å². The second-order valence-electron chi connectivity index (χ2n) is 6.74. The molecule has 3 rings (SSSR count). The van der Waals surface area contributed by atoms with Gasteiger partial charge in [0.2, 0.25) is 11.5 Å². The van der Waals surface area contributed by atoms with E-state index in [1.54, 1.807) is 24.3 Å². The summed E-state index contributed by atoms with van der Waals surface area (Å²) >= 11 is 18.9. The van der Waals surface area contributed by atoms with Gasteiger partial charge in [0.15, 0.2) is 11.5 Å². The number of nitrogens with two attached hydrogens (primary N) is 1. The lowest BCUT2D eigenvalue weighted by Gasteiger charge is -2.16. The molecule has 0 saturated carbocycles. The average Bonchev–Trinajstić information content (AvgIpc) is 3.21. The minimum absolute atomic E-state index is 0.0481. The fraction of sp³-hybridized carbons (Fsp3) is 0.286. The van der Waals surface area contributed by atoms with Gasteiger partial charge in [-0.3, -0.25) is 4.79 Å². The van der Waals surface area contributed by atoms with Crippen LogP contribution in [0.3, 0.4) is 0 Å². The minimum atomic E-state index is -0.465. The Morgan fingerprint density at radius 2 is 1.79 bits per heavy atom. The summed E-state index contributed by atoms with van der Waals surface area (Å²) in [5.74, 6) is 0.499. The minimum Gasteiger partial charge on any atom is -0.490 e. The molecule has 0 saturated heterocycles. The summed E-state index contributed by atoms with van der Waals surface area (Å²) in [4.78, 5) is 11.9. The lowest BCUT2D eigenvalue weighted by molar-refractivity contribution is 0.0944. The number of carbonyl (C=O) groups excluding carboxylic acids is 1. The highest BCUT2D eigenvalue weighted by Crippen LogP contribution is 2.35. The average molecular weight is 515 g/mol. The first-order chi connectivity index (χ1) is 15.9. The maximum absolute atomic E-state index is 11.9. The van der Waals surface area contributed by atoms with Gasteiger partial charge < -0.3 is 25.8 Å². The number of nitrogen functional groups attached to an aromatic ring is 1. The predicted molar refractivity (Wildman–Crippen MR) is 126 cm³/mol. The highest BCUT2D eigenvalue weighted by Gasteiger charge is 2.16. The lowest BCUT2D eigenvalue weighted by atomic mass is 10.2. The van der Waals surface area contributed by atoms with Gasteiger partial charge in [-0.05, 0) is 41.0 Å². The van der Waals surface area contributed by atoms with Crippen LogP contribution in [0.2, 0.25) is 15.1 Å². The van der Waals surface area contributed by atoms with Crippen LogP contribution in [0, 0.1) is 0 Å². The Balaban J connectivity index is 1.57. The molecule has 0 atom stereocenters. The van der Waals surface area contributed by atoms with Crippen molar-refractivity contribution in [3.63, 3.8) is 0 Å². The third-order valence-corrected chi connectivity index (χ3v) is 5.54. The summed E-state index contributed by atoms with van der Waals surface area (Å²) in [5.41, 5.74) is 6.92. The molecule has 0 unspecified atom stereocenters. The summed E-state index contributed by atoms with van der Waals surface area (Å²) in [5, 5.41) is 14.2. The van der Waals surface area contributed by atoms with Crippen molar-refractivity contribution in [2.75, 3.05) is 25.4 Å². The third-order valence-electron chi connectivity index (χ3n) is 4.48. The van der Waals surface area contributed by atoms with Crippen LogP contribution in [0.25, 0.3) is 0 Å². The summed E-state index contributed by atoms with van der Waals surface area (Å²) in [6, 6.07) is 8.76. The normalized spacial score (nSPS) is 10.8. The molecule has 176 valence electrons. The summed E-state index contributed by atoms with van der Waals surface area (Å²) in [6.45, 7) is 3.74. The van der Waals surface area contributed by atoms with Crippen LogP contribution in [-0.2, 0) is 13.2 Å². The van der Waals surface area contributed by atoms with E-state index in [4.69, 9.17) is 50.0 Å². The highest BCUT2D eigenvalue weighted by molar-refractivity contribution is 6.36. The molecule has 0 radical (unpaired) electrons. The Hall–Kier alpha value is -2.72. The lowest BCUT2D eigenvalue weighted by Crippen LogP contribution is -2.32. The first-order valence-electron chi connectivity index (χ1n) is 9.98. The van der Waals surface area contributed by atoms with Crippen molar-refractivity contribution in [3.8, 4) is 11.5 Å². The van der Waals surface area contributed by atoms with E-state index in [1.807, 2.05) is 13.0 Å². The van der Waals surface area contributed by atoms with Crippen molar-refractivity contribution in [1.29, 1.82) is 0 Å². The molecule has 0 aliphatic rings. The number of hydrogen-bond acceptors (Lipinski definition) is 8. The largest absolute Gasteiger partial charge is 0.490 e. The molecule has 33 heavy (non-hydrogen) atoms. The molecule has 1 aromatic heterocycles. The molecule has 1 heterocycles. The number of rotatable bonds is 11. The molecular formula is C21H22Cl3N5O4. The second kappa shape index (κ2) is 11.9. The number of carbonyl (C=O) groups is 1. The van der Waals surface area contributed by atoms with Gasteiger partial charge in [-0.15, -0.1) is 0 Å². The van der Waals surface area contributed by atoms with Gasteiger partial charge in [0.05, 0.1) is 6.61 Å². The molecule has 3 aromatic rings. The van der Waals surface area contributed by atoms with E-state index in [0.717, 1.165) is 5.56 Å². The first kappa shape index (κ1) is 24.9. The number of anilines is 1. The molecule has 12 heteroatoms. The molecule has 0 spiro atoms. The van der Waals surface area contributed by atoms with E-state index in [0.29, 0.717) is 58.4 Å². The van der Waals surface area contributed by atoms with Crippen LogP contribution < -0.4 is 25.8 Å². The summed E-state index contributed by atoms with van der Waals surface area (Å²) in [7, 11) is 0. The first-order valence-corrected chi connectivity index (χ1v) is 11.1. The monoisotopic (exact) mass is 513 g/mol. The molecule has 9 nitrogen and oxygen atoms in total. The fourth-order valence-corrected chi connectivity index (χ4v) is 3.57. The van der Waals surface area contributed by atoms with Crippen LogP contribution in [0.5, 0.6) is 11.5 Å². The zero-order valence-corrected chi connectivity index (χ0v) is 19.9. The maximum Gasteiger partial charge on any atom is 0.277 e. The number of ether oxygens (including phenoxy) is 2. The van der Waals surface area contributed by atoms with E-state index in [2.05, 4.69) is 25.6 Å². The Morgan fingerprint density at radius 1 is 1.06 bits per heavy atom. The molecule has 0 fully saturated rings. The Morgan fingerprint density at radius 3 is 2.45 bits per heavy atom. The second-order valence-corrected chi connectivity index (χ2v) is 7.96. The standard InChI is InChI=1S/C21H22Cl3N5O4/c1-2-31-17-8-12(10-26-6-7-27-21(30)19-20(25)29-33-28-19)16(24)9-18(17)32-11-13-14(22)4-3-5-15(13)23/h3-5,8-9,26H,2,6-7,10-11H2,1H3,(H2,25,29)(H,27,30). The van der Waals surface area contributed by atoms with E-state index >= 15 is 0 Å². The summed E-state index contributed by atoms with van der Waals surface area (Å²) in [6.07, 6.45) is 0. The number of aromatic nitrogens is 2. The maximum atomic E-state index is 11.9. The molecule has 1 amide bonds. The van der Waals surface area contributed by atoms with Gasteiger partial charge in [0, 0.05) is 46.3 Å². The predicted octanol–water partition coefficient (Wildman–Crippen LogP) is 4.11. The van der Waals surface area contributed by atoms with Crippen LogP contribution in [0.15, 0.2) is 35.0 Å². The Labute approximate surface area is 205 Å². The van der Waals surface area contributed by atoms with Gasteiger partial charge >= 0.3 is 0 Å². The van der Waals surface area contributed by atoms with E-state index in [1.165, 1.54) is 0 Å². The topological polar surface area (TPSA) is 125 Å². The van der Waals surface area contributed by atoms with Gasteiger partial charge in [-0.25, -0.2) is 4.63 Å². The SMILES string of the molecule is CCOc1cc(CNCCNC(=O)c2nonc2N)c(Cl)cc1OCc1c(Cl)cccc1Cl. The van der Waals surface area contributed by atoms with E-state index < -0.39 is 5.91 Å². The van der Waals surface area contributed by atoms with Crippen LogP contribution >= 0.6 is 34.8 Å². The van der Waals surface area contributed by atoms with Crippen LogP contribution in [-0.4, -0.2) is 35.9 Å². The quantitative estimate of drug-likeness (QED) is 0.327. The number of nitrogens with zero attached hydrogens (tertiary/aromatic N) is 2. The molecule has 2 aromatic carbocycles. The third kappa shape index (κ3) is 6.64. The fourth-order valence-electron chi connectivity index (χ4n) is 2.84. The smallest absolute Gasteiger partial charge is 0.277 e. The zero-order valence-electron chi connectivity index (χ0n) is 17.7. The van der Waals surface area contributed by atoms with Crippen molar-refractivity contribution in [3.05, 3.63) is 62.2 Å². The van der Waals surface area contributed by atoms with E-state index in [-0.39, 0.29) is 18.1 Å². The molecule has 0 bridgehead atoms. The van der Waals surface area contributed by atoms with Crippen molar-refractivity contribution in [1.82, 2.24) is 20.9 Å². The van der Waals surface area contributed by atoms with Gasteiger partial charge in [-0.2, -0.15) is 0 Å². The van der Waals surface area contributed by atoms with E-state index in [9.17, 15) is 4.79 Å².